The van der Waals surface area contributed by atoms with Gasteiger partial charge < -0.3 is 5.32 Å². The summed E-state index contributed by atoms with van der Waals surface area (Å²) in [7, 11) is -3.79. The van der Waals surface area contributed by atoms with Crippen molar-refractivity contribution in [3.63, 3.8) is 0 Å². The van der Waals surface area contributed by atoms with Crippen molar-refractivity contribution in [2.75, 3.05) is 18.4 Å². The van der Waals surface area contributed by atoms with E-state index in [1.807, 2.05) is 74.5 Å². The van der Waals surface area contributed by atoms with Crippen LogP contribution in [-0.4, -0.2) is 41.5 Å². The van der Waals surface area contributed by atoms with Gasteiger partial charge in [0.2, 0.25) is 15.9 Å². The maximum absolute atomic E-state index is 13.0. The van der Waals surface area contributed by atoms with Gasteiger partial charge in [0.05, 0.1) is 17.9 Å². The summed E-state index contributed by atoms with van der Waals surface area (Å²) in [5, 5.41) is 8.77. The van der Waals surface area contributed by atoms with Crippen LogP contribution in [0.1, 0.15) is 50.9 Å². The smallest absolute Gasteiger partial charge is 0.240 e. The second kappa shape index (κ2) is 11.0. The zero-order valence-corrected chi connectivity index (χ0v) is 21.8. The molecule has 0 unspecified atom stereocenters. The van der Waals surface area contributed by atoms with Gasteiger partial charge in [0.15, 0.2) is 0 Å². The first-order chi connectivity index (χ1) is 16.5. The molecule has 0 aliphatic rings. The SMILES string of the molecule is CCCN(CC(=O)Nc1cc(C(C)(C)C)nn1-c1cccc(C)c1)S(=O)(=O)C=Cc1ccccc1. The average molecular weight is 495 g/mol. The molecule has 0 aliphatic carbocycles. The van der Waals surface area contributed by atoms with Crippen LogP contribution in [0.15, 0.2) is 66.1 Å². The topological polar surface area (TPSA) is 84.3 Å². The molecule has 0 spiro atoms. The molecular formula is C27H34N4O3S. The van der Waals surface area contributed by atoms with Crippen LogP contribution in [0.2, 0.25) is 0 Å². The summed E-state index contributed by atoms with van der Waals surface area (Å²) in [6, 6.07) is 18.9. The lowest BCUT2D eigenvalue weighted by molar-refractivity contribution is -0.116. The first-order valence-corrected chi connectivity index (χ1v) is 13.2. The van der Waals surface area contributed by atoms with Crippen molar-refractivity contribution in [2.45, 2.75) is 46.5 Å². The van der Waals surface area contributed by atoms with Gasteiger partial charge in [0.25, 0.3) is 0 Å². The number of aryl methyl sites for hydroxylation is 1. The Morgan fingerprint density at radius 1 is 1.09 bits per heavy atom. The van der Waals surface area contributed by atoms with E-state index >= 15 is 0 Å². The van der Waals surface area contributed by atoms with Gasteiger partial charge in [-0.1, -0.05) is 70.2 Å². The van der Waals surface area contributed by atoms with Gasteiger partial charge in [-0.3, -0.25) is 4.79 Å². The number of carbonyl (C=O) groups excluding carboxylic acids is 1. The van der Waals surface area contributed by atoms with Gasteiger partial charge in [0.1, 0.15) is 5.82 Å². The fraction of sp³-hybridized carbons (Fsp3) is 0.333. The first-order valence-electron chi connectivity index (χ1n) is 11.7. The van der Waals surface area contributed by atoms with E-state index in [1.165, 1.54) is 10.4 Å². The quantitative estimate of drug-likeness (QED) is 0.447. The van der Waals surface area contributed by atoms with E-state index in [-0.39, 0.29) is 18.5 Å². The third-order valence-electron chi connectivity index (χ3n) is 5.38. The lowest BCUT2D eigenvalue weighted by atomic mass is 9.92. The van der Waals surface area contributed by atoms with Crippen LogP contribution >= 0.6 is 0 Å². The number of nitrogens with one attached hydrogen (secondary N) is 1. The van der Waals surface area contributed by atoms with Crippen LogP contribution in [0.5, 0.6) is 0 Å². The molecule has 35 heavy (non-hydrogen) atoms. The Morgan fingerprint density at radius 2 is 1.80 bits per heavy atom. The molecule has 0 aliphatic heterocycles. The minimum absolute atomic E-state index is 0.228. The molecule has 1 aromatic heterocycles. The summed E-state index contributed by atoms with van der Waals surface area (Å²) in [5.41, 5.74) is 3.25. The third kappa shape index (κ3) is 7.13. The fourth-order valence-electron chi connectivity index (χ4n) is 3.50. The van der Waals surface area contributed by atoms with Crippen molar-refractivity contribution in [1.82, 2.24) is 14.1 Å². The van der Waals surface area contributed by atoms with Crippen LogP contribution in [0.3, 0.4) is 0 Å². The third-order valence-corrected chi connectivity index (χ3v) is 6.89. The molecule has 1 N–H and O–H groups in total. The maximum Gasteiger partial charge on any atom is 0.240 e. The number of hydrogen-bond donors (Lipinski definition) is 1. The summed E-state index contributed by atoms with van der Waals surface area (Å²) in [6.45, 7) is 9.97. The van der Waals surface area contributed by atoms with Crippen molar-refractivity contribution in [3.8, 4) is 5.69 Å². The molecule has 2 aromatic carbocycles. The molecule has 1 heterocycles. The molecular weight excluding hydrogens is 460 g/mol. The minimum Gasteiger partial charge on any atom is -0.309 e. The minimum atomic E-state index is -3.79. The second-order valence-electron chi connectivity index (χ2n) is 9.56. The summed E-state index contributed by atoms with van der Waals surface area (Å²) >= 11 is 0. The zero-order valence-electron chi connectivity index (χ0n) is 21.0. The summed E-state index contributed by atoms with van der Waals surface area (Å²) in [5.74, 6) is 0.0728. The van der Waals surface area contributed by atoms with E-state index in [2.05, 4.69) is 26.1 Å². The number of benzene rings is 2. The summed E-state index contributed by atoms with van der Waals surface area (Å²) < 4.78 is 28.9. The Morgan fingerprint density at radius 3 is 2.43 bits per heavy atom. The number of nitrogens with zero attached hydrogens (tertiary/aromatic N) is 3. The molecule has 3 aromatic rings. The van der Waals surface area contributed by atoms with E-state index in [4.69, 9.17) is 5.10 Å². The fourth-order valence-corrected chi connectivity index (χ4v) is 4.73. The van der Waals surface area contributed by atoms with Crippen molar-refractivity contribution in [2.24, 2.45) is 0 Å². The van der Waals surface area contributed by atoms with Crippen LogP contribution in [0, 0.1) is 6.92 Å². The van der Waals surface area contributed by atoms with Crippen LogP contribution in [0.4, 0.5) is 5.82 Å². The number of aromatic nitrogens is 2. The van der Waals surface area contributed by atoms with Gasteiger partial charge in [-0.05, 0) is 42.7 Å². The number of sulfonamides is 1. The lowest BCUT2D eigenvalue weighted by Crippen LogP contribution is -2.37. The monoisotopic (exact) mass is 494 g/mol. The first kappa shape index (κ1) is 26.4. The lowest BCUT2D eigenvalue weighted by Gasteiger charge is -2.19. The van der Waals surface area contributed by atoms with Gasteiger partial charge in [-0.25, -0.2) is 13.1 Å². The van der Waals surface area contributed by atoms with Crippen molar-refractivity contribution in [1.29, 1.82) is 0 Å². The number of hydrogen-bond acceptors (Lipinski definition) is 4. The Hall–Kier alpha value is -3.23. The zero-order chi connectivity index (χ0) is 25.6. The largest absolute Gasteiger partial charge is 0.309 e. The highest BCUT2D eigenvalue weighted by atomic mass is 32.2. The summed E-state index contributed by atoms with van der Waals surface area (Å²) in [6.07, 6.45) is 2.12. The molecule has 3 rings (SSSR count). The van der Waals surface area contributed by atoms with Crippen LogP contribution in [0.25, 0.3) is 11.8 Å². The number of amides is 1. The van der Waals surface area contributed by atoms with E-state index < -0.39 is 15.9 Å². The van der Waals surface area contributed by atoms with Gasteiger partial charge in [-0.15, -0.1) is 0 Å². The van der Waals surface area contributed by atoms with Crippen LogP contribution < -0.4 is 5.32 Å². The molecule has 186 valence electrons. The van der Waals surface area contributed by atoms with Gasteiger partial charge in [-0.2, -0.15) is 9.40 Å². The summed E-state index contributed by atoms with van der Waals surface area (Å²) in [4.78, 5) is 13.0. The van der Waals surface area contributed by atoms with E-state index in [9.17, 15) is 13.2 Å². The van der Waals surface area contributed by atoms with E-state index in [1.54, 1.807) is 4.68 Å². The predicted octanol–water partition coefficient (Wildman–Crippen LogP) is 5.13. The average Bonchev–Trinajstić information content (AvgIpc) is 3.22. The molecule has 0 fully saturated rings. The standard InChI is InChI=1S/C27H34N4O3S/c1-6-16-30(35(33,34)17-15-22-12-8-7-9-13-22)20-26(32)28-25-19-24(27(3,4)5)29-31(25)23-14-10-11-21(2)18-23/h7-15,17-19H,6,16,20H2,1-5H3,(H,28,32). The highest BCUT2D eigenvalue weighted by molar-refractivity contribution is 7.92. The highest BCUT2D eigenvalue weighted by Gasteiger charge is 2.24. The van der Waals surface area contributed by atoms with Crippen LogP contribution in [-0.2, 0) is 20.2 Å². The number of rotatable bonds is 9. The Labute approximate surface area is 208 Å². The Balaban J connectivity index is 1.85. The van der Waals surface area contributed by atoms with E-state index in [0.29, 0.717) is 12.2 Å². The van der Waals surface area contributed by atoms with Gasteiger partial charge in [0, 0.05) is 23.4 Å². The molecule has 0 radical (unpaired) electrons. The maximum atomic E-state index is 13.0. The molecule has 0 saturated carbocycles. The molecule has 1 amide bonds. The van der Waals surface area contributed by atoms with Crippen molar-refractivity contribution >= 4 is 27.8 Å². The molecule has 7 nitrogen and oxygen atoms in total. The number of anilines is 1. The molecule has 0 saturated heterocycles. The normalized spacial score (nSPS) is 12.4. The Bertz CT molecular complexity index is 1290. The van der Waals surface area contributed by atoms with Crippen molar-refractivity contribution in [3.05, 3.63) is 82.9 Å². The molecule has 0 atom stereocenters. The van der Waals surface area contributed by atoms with Gasteiger partial charge >= 0.3 is 0 Å². The van der Waals surface area contributed by atoms with E-state index in [0.717, 1.165) is 27.9 Å². The predicted molar refractivity (Wildman–Crippen MR) is 142 cm³/mol. The van der Waals surface area contributed by atoms with Crippen molar-refractivity contribution < 1.29 is 13.2 Å². The number of carbonyl (C=O) groups is 1. The highest BCUT2D eigenvalue weighted by Crippen LogP contribution is 2.26. The second-order valence-corrected chi connectivity index (χ2v) is 11.4. The molecule has 8 heteroatoms. The Kier molecular flexibility index (Phi) is 8.30. The molecule has 0 bridgehead atoms.